The number of aliphatic hydroxyl groups is 1. The Labute approximate surface area is 336 Å². The van der Waals surface area contributed by atoms with E-state index < -0.39 is 17.2 Å². The van der Waals surface area contributed by atoms with Gasteiger partial charge in [0.2, 0.25) is 5.88 Å². The van der Waals surface area contributed by atoms with E-state index >= 15 is 8.78 Å². The molecule has 9 rings (SSSR count). The number of halogens is 2. The summed E-state index contributed by atoms with van der Waals surface area (Å²) in [6, 6.07) is 6.03. The van der Waals surface area contributed by atoms with Gasteiger partial charge in [-0.3, -0.25) is 4.90 Å². The van der Waals surface area contributed by atoms with Gasteiger partial charge in [-0.25, -0.2) is 13.8 Å². The normalized spacial score (nSPS) is 29.1. The molecule has 4 saturated heterocycles. The van der Waals surface area contributed by atoms with Crippen LogP contribution in [0.25, 0.3) is 32.9 Å². The van der Waals surface area contributed by atoms with Crippen LogP contribution in [-0.4, -0.2) is 120 Å². The molecule has 5 fully saturated rings. The SMILES string of the molecule is C#Cc1c(F)ccc2cc(O)cc(-c3nc(OC)c4c(N5CCOC[C@](O)(C=C)C5)nc(OC[C@]56CCCC5N(C5CCOC7(CCOC7)C5)CCC6)nc4c3F)c12. The van der Waals surface area contributed by atoms with Gasteiger partial charge in [0.1, 0.15) is 39.6 Å². The maximum atomic E-state index is 17.5. The zero-order chi connectivity index (χ0) is 40.2. The molecule has 12 nitrogen and oxygen atoms in total. The van der Waals surface area contributed by atoms with E-state index in [1.807, 2.05) is 0 Å². The molecular formula is C44H49F2N5O7. The van der Waals surface area contributed by atoms with Crippen LogP contribution < -0.4 is 14.4 Å². The number of hydrogen-bond donors (Lipinski definition) is 2. The third-order valence-electron chi connectivity index (χ3n) is 13.2. The van der Waals surface area contributed by atoms with Crippen molar-refractivity contribution in [3.05, 3.63) is 54.1 Å². The van der Waals surface area contributed by atoms with Gasteiger partial charge in [0, 0.05) is 54.6 Å². The molecule has 2 aromatic heterocycles. The number of anilines is 1. The number of terminal acetylenes is 1. The van der Waals surface area contributed by atoms with Crippen molar-refractivity contribution in [1.29, 1.82) is 0 Å². The highest BCUT2D eigenvalue weighted by Crippen LogP contribution is 2.51. The van der Waals surface area contributed by atoms with Crippen molar-refractivity contribution in [2.24, 2.45) is 5.41 Å². The molecule has 5 aliphatic rings. The monoisotopic (exact) mass is 797 g/mol. The van der Waals surface area contributed by atoms with Gasteiger partial charge in [-0.15, -0.1) is 13.0 Å². The van der Waals surface area contributed by atoms with E-state index in [4.69, 9.17) is 40.1 Å². The molecule has 3 unspecified atom stereocenters. The number of aromatic nitrogens is 3. The second-order valence-electron chi connectivity index (χ2n) is 16.7. The lowest BCUT2D eigenvalue weighted by molar-refractivity contribution is -0.125. The molecule has 306 valence electrons. The van der Waals surface area contributed by atoms with Gasteiger partial charge in [-0.1, -0.05) is 24.5 Å². The quantitative estimate of drug-likeness (QED) is 0.162. The number of methoxy groups -OCH3 is 1. The number of phenols is 1. The largest absolute Gasteiger partial charge is 0.508 e. The molecule has 58 heavy (non-hydrogen) atoms. The Bertz CT molecular complexity index is 2300. The van der Waals surface area contributed by atoms with Gasteiger partial charge in [0.15, 0.2) is 5.82 Å². The highest BCUT2D eigenvalue weighted by Gasteiger charge is 2.52. The molecule has 14 heteroatoms. The number of likely N-dealkylation sites (tertiary alicyclic amines) is 1. The number of pyridine rings is 1. The van der Waals surface area contributed by atoms with Crippen molar-refractivity contribution in [2.75, 3.05) is 71.3 Å². The number of ether oxygens (including phenoxy) is 5. The molecule has 2 N–H and O–H groups in total. The maximum Gasteiger partial charge on any atom is 0.319 e. The lowest BCUT2D eigenvalue weighted by Crippen LogP contribution is -2.58. The molecule has 2 aromatic carbocycles. The number of nitrogens with zero attached hydrogens (tertiary/aromatic N) is 5. The molecule has 0 bridgehead atoms. The summed E-state index contributed by atoms with van der Waals surface area (Å²) in [5.74, 6) is 0.833. The van der Waals surface area contributed by atoms with Gasteiger partial charge in [-0.05, 0) is 68.7 Å². The Hall–Kier alpha value is -4.65. The van der Waals surface area contributed by atoms with Gasteiger partial charge in [0.25, 0.3) is 0 Å². The maximum absolute atomic E-state index is 17.5. The van der Waals surface area contributed by atoms with Gasteiger partial charge in [0.05, 0.1) is 51.2 Å². The number of fused-ring (bicyclic) bond motifs is 3. The number of aromatic hydroxyl groups is 1. The molecule has 6 heterocycles. The van der Waals surface area contributed by atoms with Crippen LogP contribution in [0.3, 0.4) is 0 Å². The summed E-state index contributed by atoms with van der Waals surface area (Å²) in [5, 5.41) is 22.9. The Morgan fingerprint density at radius 3 is 2.67 bits per heavy atom. The Kier molecular flexibility index (Phi) is 10.2. The van der Waals surface area contributed by atoms with E-state index in [-0.39, 0.29) is 93.9 Å². The highest BCUT2D eigenvalue weighted by molar-refractivity contribution is 6.04. The van der Waals surface area contributed by atoms with Gasteiger partial charge in [-0.2, -0.15) is 9.97 Å². The fourth-order valence-corrected chi connectivity index (χ4v) is 10.4. The van der Waals surface area contributed by atoms with Crippen LogP contribution in [0.1, 0.15) is 56.9 Å². The van der Waals surface area contributed by atoms with Crippen molar-refractivity contribution < 1.29 is 42.7 Å². The first-order valence-electron chi connectivity index (χ1n) is 20.3. The third kappa shape index (κ3) is 6.70. The van der Waals surface area contributed by atoms with E-state index in [0.717, 1.165) is 71.1 Å². The summed E-state index contributed by atoms with van der Waals surface area (Å²) in [7, 11) is 1.39. The molecule has 1 spiro atoms. The zero-order valence-corrected chi connectivity index (χ0v) is 32.8. The van der Waals surface area contributed by atoms with Crippen molar-refractivity contribution in [1.82, 2.24) is 19.9 Å². The second kappa shape index (κ2) is 15.2. The predicted molar refractivity (Wildman–Crippen MR) is 213 cm³/mol. The average Bonchev–Trinajstić information content (AvgIpc) is 3.82. The van der Waals surface area contributed by atoms with Crippen LogP contribution in [0.4, 0.5) is 14.6 Å². The molecular weight excluding hydrogens is 749 g/mol. The van der Waals surface area contributed by atoms with Crippen LogP contribution in [-0.2, 0) is 14.2 Å². The lowest BCUT2D eigenvalue weighted by Gasteiger charge is -2.52. The van der Waals surface area contributed by atoms with E-state index in [1.54, 1.807) is 4.90 Å². The zero-order valence-electron chi connectivity index (χ0n) is 32.8. The smallest absolute Gasteiger partial charge is 0.319 e. The minimum Gasteiger partial charge on any atom is -0.508 e. The first kappa shape index (κ1) is 38.8. The summed E-state index contributed by atoms with van der Waals surface area (Å²) in [4.78, 5) is 18.7. The fourth-order valence-electron chi connectivity index (χ4n) is 10.4. The average molecular weight is 798 g/mol. The van der Waals surface area contributed by atoms with E-state index in [1.165, 1.54) is 37.5 Å². The molecule has 4 aliphatic heterocycles. The van der Waals surface area contributed by atoms with Gasteiger partial charge >= 0.3 is 6.01 Å². The number of phenolic OH excluding ortho intramolecular Hbond substituents is 1. The standard InChI is InChI=1S/C44H49F2N5O7/c1-4-30-32(45)10-9-27-20-29(52)21-31(34(27)30)37-36(46)38-35(40(47-37)54-3)39(50-16-19-56-25-43(53,5-2)23-50)49-41(48-38)57-24-42-12-6-8-33(42)51(15-7-13-42)28-11-17-58-44(22-28)14-18-55-26-44/h1,5,9-10,20-21,28,33,52-53H,2,6-8,11-19,22-26H2,3H3/t28?,33?,42-,43+,44?/m1/s1. The third-order valence-corrected chi connectivity index (χ3v) is 13.2. The summed E-state index contributed by atoms with van der Waals surface area (Å²) in [6.45, 7) is 7.84. The topological polar surface area (TPSA) is 132 Å². The number of hydrogen-bond acceptors (Lipinski definition) is 12. The van der Waals surface area contributed by atoms with E-state index in [9.17, 15) is 10.2 Å². The minimum absolute atomic E-state index is 0.00752. The molecule has 1 saturated carbocycles. The van der Waals surface area contributed by atoms with Crippen LogP contribution in [0.2, 0.25) is 0 Å². The van der Waals surface area contributed by atoms with Crippen molar-refractivity contribution in [3.63, 3.8) is 0 Å². The van der Waals surface area contributed by atoms with Crippen molar-refractivity contribution in [3.8, 4) is 41.2 Å². The molecule has 0 radical (unpaired) electrons. The van der Waals surface area contributed by atoms with Crippen molar-refractivity contribution >= 4 is 27.5 Å². The predicted octanol–water partition coefficient (Wildman–Crippen LogP) is 5.92. The fraction of sp³-hybridized carbons (Fsp3) is 0.523. The highest BCUT2D eigenvalue weighted by atomic mass is 19.1. The van der Waals surface area contributed by atoms with Crippen LogP contribution in [0.15, 0.2) is 36.9 Å². The first-order valence-corrected chi connectivity index (χ1v) is 20.3. The second-order valence-corrected chi connectivity index (χ2v) is 16.7. The van der Waals surface area contributed by atoms with Crippen LogP contribution in [0.5, 0.6) is 17.6 Å². The van der Waals surface area contributed by atoms with Crippen LogP contribution in [0, 0.1) is 29.4 Å². The summed E-state index contributed by atoms with van der Waals surface area (Å²) < 4.78 is 62.9. The van der Waals surface area contributed by atoms with Crippen LogP contribution >= 0.6 is 0 Å². The Morgan fingerprint density at radius 2 is 1.88 bits per heavy atom. The number of piperidine rings is 1. The number of benzene rings is 2. The van der Waals surface area contributed by atoms with E-state index in [2.05, 4.69) is 22.4 Å². The summed E-state index contributed by atoms with van der Waals surface area (Å²) in [6.07, 6.45) is 15.2. The Morgan fingerprint density at radius 1 is 1.03 bits per heavy atom. The van der Waals surface area contributed by atoms with Crippen molar-refractivity contribution in [2.45, 2.75) is 74.7 Å². The molecule has 0 amide bonds. The van der Waals surface area contributed by atoms with Gasteiger partial charge < -0.3 is 38.8 Å². The lowest BCUT2D eigenvalue weighted by atomic mass is 9.74. The van der Waals surface area contributed by atoms with E-state index in [0.29, 0.717) is 30.7 Å². The molecule has 1 aliphatic carbocycles. The molecule has 4 aromatic rings. The minimum atomic E-state index is -1.45. The number of rotatable bonds is 8. The Balaban J connectivity index is 1.15. The first-order chi connectivity index (χ1) is 28.1. The number of β-amino-alcohol motifs (C(OH)–C–C–N with tert-alkyl or cyclic N) is 1. The summed E-state index contributed by atoms with van der Waals surface area (Å²) in [5.41, 5.74) is -2.29. The molecule has 5 atom stereocenters. The summed E-state index contributed by atoms with van der Waals surface area (Å²) >= 11 is 0.